The van der Waals surface area contributed by atoms with Gasteiger partial charge in [0.1, 0.15) is 6.33 Å². The molecule has 0 bridgehead atoms. The first-order chi connectivity index (χ1) is 9.67. The lowest BCUT2D eigenvalue weighted by molar-refractivity contribution is 0.918. The van der Waals surface area contributed by atoms with Crippen LogP contribution in [0.1, 0.15) is 5.56 Å². The maximum Gasteiger partial charge on any atom is 0.183 e. The Hall–Kier alpha value is -2.33. The van der Waals surface area contributed by atoms with Crippen LogP contribution in [-0.2, 0) is 7.05 Å². The number of amidine groups is 1. The molecule has 2 rings (SSSR count). The molecule has 0 saturated carbocycles. The maximum absolute atomic E-state index is 8.68. The van der Waals surface area contributed by atoms with Gasteiger partial charge in [0, 0.05) is 12.6 Å². The molecule has 102 valence electrons. The number of rotatable bonds is 2. The minimum absolute atomic E-state index is 0.561. The van der Waals surface area contributed by atoms with E-state index in [0.717, 1.165) is 22.6 Å². The van der Waals surface area contributed by atoms with Gasteiger partial charge in [-0.25, -0.2) is 4.99 Å². The van der Waals surface area contributed by atoms with E-state index in [1.165, 1.54) is 11.8 Å². The van der Waals surface area contributed by atoms with Crippen molar-refractivity contribution >= 4 is 22.6 Å². The molecule has 0 aliphatic carbocycles. The molecule has 1 aromatic heterocycles. The quantitative estimate of drug-likeness (QED) is 0.396. The van der Waals surface area contributed by atoms with Crippen molar-refractivity contribution in [3.63, 3.8) is 0 Å². The van der Waals surface area contributed by atoms with Crippen molar-refractivity contribution in [2.45, 2.75) is 6.92 Å². The fourth-order valence-corrected chi connectivity index (χ4v) is 2.13. The van der Waals surface area contributed by atoms with E-state index < -0.39 is 0 Å². The molecule has 0 saturated heterocycles. The number of nitriles is 1. The molecule has 0 aliphatic rings. The van der Waals surface area contributed by atoms with E-state index in [2.05, 4.69) is 20.5 Å². The molecular weight excluding hydrogens is 272 g/mol. The Balaban J connectivity index is 2.48. The first-order valence-corrected chi connectivity index (χ1v) is 7.11. The van der Waals surface area contributed by atoms with Gasteiger partial charge >= 0.3 is 0 Å². The highest BCUT2D eigenvalue weighted by Crippen LogP contribution is 2.29. The predicted octanol–water partition coefficient (Wildman–Crippen LogP) is 2.21. The molecule has 0 atom stereocenters. The molecular formula is C13H14N6S. The summed E-state index contributed by atoms with van der Waals surface area (Å²) >= 11 is 1.39. The van der Waals surface area contributed by atoms with Crippen molar-refractivity contribution in [3.8, 4) is 17.6 Å². The summed E-state index contributed by atoms with van der Waals surface area (Å²) in [6, 6.07) is 5.81. The maximum atomic E-state index is 8.68. The van der Waals surface area contributed by atoms with Crippen LogP contribution in [0.25, 0.3) is 11.4 Å². The van der Waals surface area contributed by atoms with E-state index in [-0.39, 0.29) is 0 Å². The molecule has 0 amide bonds. The fraction of sp³-hybridized carbons (Fsp3) is 0.231. The van der Waals surface area contributed by atoms with E-state index in [4.69, 9.17) is 5.26 Å². The monoisotopic (exact) mass is 286 g/mol. The molecule has 0 spiro atoms. The number of aliphatic imine (C=N–C) groups is 1. The van der Waals surface area contributed by atoms with Gasteiger partial charge in [-0.3, -0.25) is 5.32 Å². The van der Waals surface area contributed by atoms with Crippen LogP contribution in [0.3, 0.4) is 0 Å². The second kappa shape index (κ2) is 6.21. The van der Waals surface area contributed by atoms with E-state index in [1.54, 1.807) is 6.33 Å². The minimum Gasteiger partial charge on any atom is -0.317 e. The Morgan fingerprint density at radius 1 is 1.50 bits per heavy atom. The van der Waals surface area contributed by atoms with Crippen molar-refractivity contribution in [1.82, 2.24) is 20.1 Å². The number of thioether (sulfide) groups is 1. The third-order valence-electron chi connectivity index (χ3n) is 2.84. The van der Waals surface area contributed by atoms with E-state index >= 15 is 0 Å². The number of hydrogen-bond donors (Lipinski definition) is 1. The third-order valence-corrected chi connectivity index (χ3v) is 3.42. The van der Waals surface area contributed by atoms with Crippen LogP contribution in [0.5, 0.6) is 0 Å². The largest absolute Gasteiger partial charge is 0.317 e. The van der Waals surface area contributed by atoms with Gasteiger partial charge in [-0.05, 0) is 24.8 Å². The van der Waals surface area contributed by atoms with Crippen LogP contribution in [-0.4, -0.2) is 26.2 Å². The topological polar surface area (TPSA) is 78.9 Å². The third kappa shape index (κ3) is 2.81. The van der Waals surface area contributed by atoms with Crippen molar-refractivity contribution < 1.29 is 0 Å². The zero-order valence-electron chi connectivity index (χ0n) is 11.5. The zero-order valence-corrected chi connectivity index (χ0v) is 12.3. The Morgan fingerprint density at radius 3 is 2.90 bits per heavy atom. The van der Waals surface area contributed by atoms with Crippen LogP contribution in [0.2, 0.25) is 0 Å². The molecule has 0 fully saturated rings. The van der Waals surface area contributed by atoms with Crippen molar-refractivity contribution in [2.75, 3.05) is 6.26 Å². The first kappa shape index (κ1) is 14.1. The van der Waals surface area contributed by atoms with Crippen molar-refractivity contribution in [1.29, 1.82) is 5.26 Å². The molecule has 6 nitrogen and oxygen atoms in total. The number of hydrogen-bond acceptors (Lipinski definition) is 5. The Kier molecular flexibility index (Phi) is 4.38. The molecule has 1 N–H and O–H groups in total. The van der Waals surface area contributed by atoms with Gasteiger partial charge in [-0.1, -0.05) is 23.9 Å². The summed E-state index contributed by atoms with van der Waals surface area (Å²) in [6.45, 7) is 1.98. The SMILES string of the molecule is CSC(=Nc1cccc(-c2nncn2C)c1C)NC#N. The van der Waals surface area contributed by atoms with Gasteiger partial charge in [-0.2, -0.15) is 5.26 Å². The number of nitrogens with zero attached hydrogens (tertiary/aromatic N) is 5. The van der Waals surface area contributed by atoms with Crippen LogP contribution in [0.15, 0.2) is 29.5 Å². The summed E-state index contributed by atoms with van der Waals surface area (Å²) in [6.07, 6.45) is 5.41. The molecule has 0 unspecified atom stereocenters. The van der Waals surface area contributed by atoms with Crippen molar-refractivity contribution in [3.05, 3.63) is 30.1 Å². The van der Waals surface area contributed by atoms with Crippen molar-refractivity contribution in [2.24, 2.45) is 12.0 Å². The smallest absolute Gasteiger partial charge is 0.183 e. The standard InChI is InChI=1S/C13H14N6S/c1-9-10(12-18-16-8-19(12)2)5-4-6-11(9)17-13(20-3)15-7-14/h4-6,8H,1-3H3,(H,15,17). The lowest BCUT2D eigenvalue weighted by Crippen LogP contribution is -2.12. The van der Waals surface area contributed by atoms with Gasteiger partial charge in [0.05, 0.1) is 5.69 Å². The van der Waals surface area contributed by atoms with Gasteiger partial charge in [-0.15, -0.1) is 10.2 Å². The average molecular weight is 286 g/mol. The molecule has 1 aromatic carbocycles. The van der Waals surface area contributed by atoms with Crippen LogP contribution < -0.4 is 5.32 Å². The molecule has 20 heavy (non-hydrogen) atoms. The lowest BCUT2D eigenvalue weighted by atomic mass is 10.1. The number of aryl methyl sites for hydroxylation is 1. The lowest BCUT2D eigenvalue weighted by Gasteiger charge is -2.08. The Morgan fingerprint density at radius 2 is 2.30 bits per heavy atom. The summed E-state index contributed by atoms with van der Waals surface area (Å²) in [5, 5.41) is 19.8. The van der Waals surface area contributed by atoms with E-state index in [0.29, 0.717) is 5.17 Å². The Labute approximate surface area is 121 Å². The molecule has 0 radical (unpaired) electrons. The van der Waals surface area contributed by atoms with E-state index in [1.807, 2.05) is 49.2 Å². The Bertz CT molecular complexity index is 682. The summed E-state index contributed by atoms with van der Waals surface area (Å²) in [5.41, 5.74) is 2.77. The molecule has 7 heteroatoms. The molecule has 1 heterocycles. The second-order valence-electron chi connectivity index (χ2n) is 4.07. The average Bonchev–Trinajstić information content (AvgIpc) is 2.86. The van der Waals surface area contributed by atoms with Crippen LogP contribution in [0.4, 0.5) is 5.69 Å². The number of benzene rings is 1. The van der Waals surface area contributed by atoms with Gasteiger partial charge < -0.3 is 4.57 Å². The van der Waals surface area contributed by atoms with E-state index in [9.17, 15) is 0 Å². The summed E-state index contributed by atoms with van der Waals surface area (Å²) in [5.74, 6) is 0.790. The highest BCUT2D eigenvalue weighted by atomic mass is 32.2. The summed E-state index contributed by atoms with van der Waals surface area (Å²) < 4.78 is 1.86. The summed E-state index contributed by atoms with van der Waals surface area (Å²) in [7, 11) is 1.90. The fourth-order valence-electron chi connectivity index (χ4n) is 1.80. The highest BCUT2D eigenvalue weighted by Gasteiger charge is 2.10. The zero-order chi connectivity index (χ0) is 14.5. The van der Waals surface area contributed by atoms with Gasteiger partial charge in [0.25, 0.3) is 0 Å². The van der Waals surface area contributed by atoms with Crippen LogP contribution >= 0.6 is 11.8 Å². The second-order valence-corrected chi connectivity index (χ2v) is 4.87. The normalized spacial score (nSPS) is 11.2. The molecule has 2 aromatic rings. The number of aromatic nitrogens is 3. The van der Waals surface area contributed by atoms with Gasteiger partial charge in [0.15, 0.2) is 17.2 Å². The molecule has 0 aliphatic heterocycles. The number of nitrogens with one attached hydrogen (secondary N) is 1. The van der Waals surface area contributed by atoms with Crippen LogP contribution in [0, 0.1) is 18.4 Å². The highest BCUT2D eigenvalue weighted by molar-refractivity contribution is 8.13. The van der Waals surface area contributed by atoms with Gasteiger partial charge in [0.2, 0.25) is 0 Å². The predicted molar refractivity (Wildman–Crippen MR) is 80.5 cm³/mol. The summed E-state index contributed by atoms with van der Waals surface area (Å²) in [4.78, 5) is 4.46. The minimum atomic E-state index is 0.561. The first-order valence-electron chi connectivity index (χ1n) is 5.89.